The fourth-order valence-electron chi connectivity index (χ4n) is 1.74. The Kier molecular flexibility index (Phi) is 8.22. The molecule has 112 valence electrons. The molecule has 0 radical (unpaired) electrons. The molecule has 1 aromatic carbocycles. The zero-order valence-electron chi connectivity index (χ0n) is 12.6. The fourth-order valence-corrected chi connectivity index (χ4v) is 1.74. The standard InChI is InChI=1S/C15H25N3O2/c1-4-16-15(18-10-11-19-2)17-9-8-13-6-5-7-14(12-13)20-3/h5-7,12H,4,8-11H2,1-3H3,(H2,16,17,18). The number of methoxy groups -OCH3 is 2. The number of hydrogen-bond acceptors (Lipinski definition) is 3. The van der Waals surface area contributed by atoms with E-state index < -0.39 is 0 Å². The average Bonchev–Trinajstić information content (AvgIpc) is 2.48. The first-order valence-corrected chi connectivity index (χ1v) is 6.94. The summed E-state index contributed by atoms with van der Waals surface area (Å²) in [7, 11) is 3.36. The molecule has 0 atom stereocenters. The number of nitrogens with one attached hydrogen (secondary N) is 2. The summed E-state index contributed by atoms with van der Waals surface area (Å²) in [4.78, 5) is 4.41. The zero-order chi connectivity index (χ0) is 14.6. The van der Waals surface area contributed by atoms with E-state index in [4.69, 9.17) is 9.47 Å². The maximum absolute atomic E-state index is 5.22. The molecule has 0 aliphatic heterocycles. The molecule has 0 aliphatic carbocycles. The molecule has 1 rings (SSSR count). The second-order valence-corrected chi connectivity index (χ2v) is 4.28. The van der Waals surface area contributed by atoms with E-state index in [-0.39, 0.29) is 0 Å². The van der Waals surface area contributed by atoms with Gasteiger partial charge in [-0.1, -0.05) is 12.1 Å². The van der Waals surface area contributed by atoms with Gasteiger partial charge in [0.15, 0.2) is 5.96 Å². The van der Waals surface area contributed by atoms with Gasteiger partial charge >= 0.3 is 0 Å². The maximum Gasteiger partial charge on any atom is 0.191 e. The Hall–Kier alpha value is -1.75. The molecule has 0 saturated carbocycles. The minimum absolute atomic E-state index is 0.631. The van der Waals surface area contributed by atoms with Crippen molar-refractivity contribution in [2.75, 3.05) is 40.5 Å². The van der Waals surface area contributed by atoms with E-state index in [1.54, 1.807) is 14.2 Å². The van der Waals surface area contributed by atoms with Crippen LogP contribution in [0.3, 0.4) is 0 Å². The summed E-state index contributed by atoms with van der Waals surface area (Å²) in [6, 6.07) is 8.11. The van der Waals surface area contributed by atoms with E-state index in [0.29, 0.717) is 13.2 Å². The van der Waals surface area contributed by atoms with Gasteiger partial charge in [0.05, 0.1) is 20.3 Å². The quantitative estimate of drug-likeness (QED) is 0.429. The van der Waals surface area contributed by atoms with Gasteiger partial charge in [0, 0.05) is 20.2 Å². The highest BCUT2D eigenvalue weighted by atomic mass is 16.5. The second-order valence-electron chi connectivity index (χ2n) is 4.28. The van der Waals surface area contributed by atoms with Crippen LogP contribution in [-0.2, 0) is 11.2 Å². The molecular formula is C15H25N3O2. The number of benzene rings is 1. The van der Waals surface area contributed by atoms with Crippen LogP contribution in [0, 0.1) is 0 Å². The molecule has 0 fully saturated rings. The predicted octanol–water partition coefficient (Wildman–Crippen LogP) is 1.44. The fraction of sp³-hybridized carbons (Fsp3) is 0.533. The van der Waals surface area contributed by atoms with Crippen molar-refractivity contribution in [3.8, 4) is 5.75 Å². The monoisotopic (exact) mass is 279 g/mol. The van der Waals surface area contributed by atoms with Gasteiger partial charge in [0.25, 0.3) is 0 Å². The van der Waals surface area contributed by atoms with Crippen LogP contribution in [-0.4, -0.2) is 46.4 Å². The van der Waals surface area contributed by atoms with Crippen LogP contribution in [0.4, 0.5) is 0 Å². The van der Waals surface area contributed by atoms with Crippen molar-refractivity contribution >= 4 is 5.96 Å². The first-order valence-electron chi connectivity index (χ1n) is 6.94. The first kappa shape index (κ1) is 16.3. The Morgan fingerprint density at radius 3 is 2.80 bits per heavy atom. The van der Waals surface area contributed by atoms with Crippen LogP contribution < -0.4 is 15.4 Å². The number of nitrogens with zero attached hydrogens (tertiary/aromatic N) is 1. The molecule has 1 aromatic rings. The number of aliphatic imine (C=N–C) groups is 1. The third-order valence-electron chi connectivity index (χ3n) is 2.75. The molecule has 20 heavy (non-hydrogen) atoms. The minimum Gasteiger partial charge on any atom is -0.497 e. The van der Waals surface area contributed by atoms with Crippen molar-refractivity contribution in [2.45, 2.75) is 13.3 Å². The molecule has 0 aromatic heterocycles. The Balaban J connectivity index is 2.40. The van der Waals surface area contributed by atoms with E-state index in [0.717, 1.165) is 31.2 Å². The molecule has 0 heterocycles. The summed E-state index contributed by atoms with van der Waals surface area (Å²) in [6.07, 6.45) is 0.923. The molecule has 5 heteroatoms. The van der Waals surface area contributed by atoms with Crippen molar-refractivity contribution in [3.05, 3.63) is 29.8 Å². The normalized spacial score (nSPS) is 11.2. The third-order valence-corrected chi connectivity index (χ3v) is 2.75. The lowest BCUT2D eigenvalue weighted by atomic mass is 10.1. The number of hydrogen-bond donors (Lipinski definition) is 2. The Labute approximate surface area is 121 Å². The van der Waals surface area contributed by atoms with E-state index in [9.17, 15) is 0 Å². The van der Waals surface area contributed by atoms with Gasteiger partial charge in [-0.3, -0.25) is 4.99 Å². The highest BCUT2D eigenvalue weighted by Gasteiger charge is 1.99. The van der Waals surface area contributed by atoms with Gasteiger partial charge in [-0.15, -0.1) is 0 Å². The second kappa shape index (κ2) is 10.1. The highest BCUT2D eigenvalue weighted by molar-refractivity contribution is 5.79. The summed E-state index contributed by atoms with van der Waals surface area (Å²) in [5.74, 6) is 1.72. The van der Waals surface area contributed by atoms with Gasteiger partial charge < -0.3 is 20.1 Å². The minimum atomic E-state index is 0.631. The van der Waals surface area contributed by atoms with Crippen LogP contribution >= 0.6 is 0 Å². The topological polar surface area (TPSA) is 54.9 Å². The molecule has 5 nitrogen and oxygen atoms in total. The predicted molar refractivity (Wildman–Crippen MR) is 82.6 cm³/mol. The summed E-state index contributed by atoms with van der Waals surface area (Å²) < 4.78 is 10.2. The van der Waals surface area contributed by atoms with E-state index in [1.807, 2.05) is 12.1 Å². The van der Waals surface area contributed by atoms with E-state index in [2.05, 4.69) is 34.7 Å². The molecule has 0 bridgehead atoms. The largest absolute Gasteiger partial charge is 0.497 e. The Bertz CT molecular complexity index is 408. The van der Waals surface area contributed by atoms with E-state index >= 15 is 0 Å². The molecule has 2 N–H and O–H groups in total. The van der Waals surface area contributed by atoms with Gasteiger partial charge in [0.2, 0.25) is 0 Å². The van der Waals surface area contributed by atoms with Crippen molar-refractivity contribution in [1.82, 2.24) is 10.6 Å². The smallest absolute Gasteiger partial charge is 0.191 e. The average molecular weight is 279 g/mol. The first-order chi connectivity index (χ1) is 9.80. The van der Waals surface area contributed by atoms with Crippen molar-refractivity contribution in [2.24, 2.45) is 4.99 Å². The summed E-state index contributed by atoms with van der Waals surface area (Å²) in [6.45, 7) is 5.01. The summed E-state index contributed by atoms with van der Waals surface area (Å²) in [5, 5.41) is 6.52. The van der Waals surface area contributed by atoms with Gasteiger partial charge in [0.1, 0.15) is 5.75 Å². The van der Waals surface area contributed by atoms with E-state index in [1.165, 1.54) is 5.56 Å². The number of rotatable bonds is 8. The van der Waals surface area contributed by atoms with Crippen LogP contribution in [0.15, 0.2) is 29.3 Å². The van der Waals surface area contributed by atoms with Crippen molar-refractivity contribution in [1.29, 1.82) is 0 Å². The van der Waals surface area contributed by atoms with Crippen LogP contribution in [0.25, 0.3) is 0 Å². The summed E-state index contributed by atoms with van der Waals surface area (Å²) in [5.41, 5.74) is 1.24. The zero-order valence-corrected chi connectivity index (χ0v) is 12.6. The lowest BCUT2D eigenvalue weighted by Gasteiger charge is -2.11. The van der Waals surface area contributed by atoms with Crippen LogP contribution in [0.1, 0.15) is 12.5 Å². The lowest BCUT2D eigenvalue weighted by Crippen LogP contribution is -2.38. The molecule has 0 aliphatic rings. The number of guanidine groups is 1. The third kappa shape index (κ3) is 6.43. The molecule has 0 saturated heterocycles. The van der Waals surface area contributed by atoms with Crippen molar-refractivity contribution in [3.63, 3.8) is 0 Å². The highest BCUT2D eigenvalue weighted by Crippen LogP contribution is 2.12. The SMILES string of the molecule is CCNC(=NCCOC)NCCc1cccc(OC)c1. The Morgan fingerprint density at radius 2 is 2.10 bits per heavy atom. The van der Waals surface area contributed by atoms with Gasteiger partial charge in [-0.05, 0) is 31.0 Å². The number of ether oxygens (including phenoxy) is 2. The Morgan fingerprint density at radius 1 is 1.25 bits per heavy atom. The van der Waals surface area contributed by atoms with Crippen molar-refractivity contribution < 1.29 is 9.47 Å². The summed E-state index contributed by atoms with van der Waals surface area (Å²) >= 11 is 0. The van der Waals surface area contributed by atoms with Crippen LogP contribution in [0.2, 0.25) is 0 Å². The van der Waals surface area contributed by atoms with Crippen LogP contribution in [0.5, 0.6) is 5.75 Å². The molecular weight excluding hydrogens is 254 g/mol. The van der Waals surface area contributed by atoms with Gasteiger partial charge in [-0.25, -0.2) is 0 Å². The maximum atomic E-state index is 5.22. The molecule has 0 spiro atoms. The van der Waals surface area contributed by atoms with Gasteiger partial charge in [-0.2, -0.15) is 0 Å². The molecule has 0 unspecified atom stereocenters. The lowest BCUT2D eigenvalue weighted by molar-refractivity contribution is 0.208. The molecule has 0 amide bonds.